The topological polar surface area (TPSA) is 68.2 Å². The molecule has 2 aromatic heterocycles. The highest BCUT2D eigenvalue weighted by atomic mass is 19.4. The number of benzene rings is 1. The normalized spacial score (nSPS) is 18.6. The fraction of sp³-hybridized carbons (Fsp3) is 0.238. The third-order valence-electron chi connectivity index (χ3n) is 4.77. The van der Waals surface area contributed by atoms with Crippen LogP contribution in [0.25, 0.3) is 11.0 Å². The van der Waals surface area contributed by atoms with Gasteiger partial charge < -0.3 is 19.9 Å². The van der Waals surface area contributed by atoms with Crippen molar-refractivity contribution in [2.75, 3.05) is 5.32 Å². The summed E-state index contributed by atoms with van der Waals surface area (Å²) >= 11 is 0. The lowest BCUT2D eigenvalue weighted by molar-refractivity contribution is -0.162. The Kier molecular flexibility index (Phi) is 4.89. The van der Waals surface area contributed by atoms with Crippen LogP contribution in [0.4, 0.5) is 18.9 Å². The first-order chi connectivity index (χ1) is 14.3. The van der Waals surface area contributed by atoms with Crippen molar-refractivity contribution in [3.63, 3.8) is 0 Å². The van der Waals surface area contributed by atoms with Crippen LogP contribution in [-0.2, 0) is 21.8 Å². The number of rotatable bonds is 5. The Morgan fingerprint density at radius 1 is 1.27 bits per heavy atom. The van der Waals surface area contributed by atoms with Gasteiger partial charge in [0.05, 0.1) is 11.9 Å². The predicted molar refractivity (Wildman–Crippen MR) is 105 cm³/mol. The molecule has 1 amide bonds. The zero-order valence-electron chi connectivity index (χ0n) is 16.0. The molecular formula is C21H19F3N4O2. The van der Waals surface area contributed by atoms with E-state index >= 15 is 0 Å². The van der Waals surface area contributed by atoms with Crippen LogP contribution in [-0.4, -0.2) is 21.6 Å². The summed E-state index contributed by atoms with van der Waals surface area (Å²) in [7, 11) is 0. The number of carbonyl (C=O) groups excluding carboxylic acids is 1. The number of allylic oxidation sites excluding steroid dienone is 1. The van der Waals surface area contributed by atoms with Crippen LogP contribution in [0.15, 0.2) is 66.8 Å². The van der Waals surface area contributed by atoms with Gasteiger partial charge in [-0.2, -0.15) is 13.2 Å². The monoisotopic (exact) mass is 416 g/mol. The number of nitrogens with zero attached hydrogens (tertiary/aromatic N) is 2. The number of nitrogens with one attached hydrogen (secondary N) is 2. The lowest BCUT2D eigenvalue weighted by Gasteiger charge is -2.29. The highest BCUT2D eigenvalue weighted by molar-refractivity contribution is 5.99. The van der Waals surface area contributed by atoms with E-state index in [4.69, 9.17) is 4.74 Å². The van der Waals surface area contributed by atoms with Crippen molar-refractivity contribution >= 4 is 22.6 Å². The molecular weight excluding hydrogens is 397 g/mol. The summed E-state index contributed by atoms with van der Waals surface area (Å²) in [6.45, 7) is 2.87. The van der Waals surface area contributed by atoms with E-state index in [1.54, 1.807) is 24.3 Å². The molecule has 1 aliphatic heterocycles. The number of hydrogen-bond acceptors (Lipinski definition) is 4. The molecule has 2 N–H and O–H groups in total. The van der Waals surface area contributed by atoms with E-state index in [2.05, 4.69) is 22.5 Å². The number of ether oxygens (including phenoxy) is 1. The Labute approximate surface area is 170 Å². The first-order valence-electron chi connectivity index (χ1n) is 9.39. The first kappa shape index (κ1) is 19.8. The second-order valence-corrected chi connectivity index (χ2v) is 6.90. The lowest BCUT2D eigenvalue weighted by atomic mass is 10.0. The van der Waals surface area contributed by atoms with E-state index in [9.17, 15) is 18.0 Å². The molecule has 0 radical (unpaired) electrons. The zero-order valence-corrected chi connectivity index (χ0v) is 16.0. The zero-order chi connectivity index (χ0) is 21.4. The van der Waals surface area contributed by atoms with E-state index in [-0.39, 0.29) is 5.56 Å². The van der Waals surface area contributed by atoms with Gasteiger partial charge in [-0.1, -0.05) is 37.3 Å². The average molecular weight is 416 g/mol. The van der Waals surface area contributed by atoms with Crippen LogP contribution in [0.5, 0.6) is 0 Å². The van der Waals surface area contributed by atoms with Crippen LogP contribution in [0, 0.1) is 0 Å². The van der Waals surface area contributed by atoms with Crippen molar-refractivity contribution in [2.24, 2.45) is 0 Å². The second-order valence-electron chi connectivity index (χ2n) is 6.90. The molecule has 1 atom stereocenters. The van der Waals surface area contributed by atoms with Gasteiger partial charge in [-0.3, -0.25) is 4.79 Å². The fourth-order valence-corrected chi connectivity index (χ4v) is 3.38. The fourth-order valence-electron chi connectivity index (χ4n) is 3.38. The summed E-state index contributed by atoms with van der Waals surface area (Å²) in [5.74, 6) is -2.06. The Balaban J connectivity index is 1.64. The maximum absolute atomic E-state index is 13.2. The third-order valence-corrected chi connectivity index (χ3v) is 4.77. The molecule has 0 bridgehead atoms. The van der Waals surface area contributed by atoms with Gasteiger partial charge in [0.2, 0.25) is 5.76 Å². The molecule has 30 heavy (non-hydrogen) atoms. The highest BCUT2D eigenvalue weighted by Gasteiger charge is 2.52. The molecule has 4 rings (SSSR count). The summed E-state index contributed by atoms with van der Waals surface area (Å²) in [4.78, 5) is 17.5. The molecule has 156 valence electrons. The lowest BCUT2D eigenvalue weighted by Crippen LogP contribution is -2.49. The minimum atomic E-state index is -4.73. The number of amides is 1. The molecule has 3 heterocycles. The van der Waals surface area contributed by atoms with Crippen LogP contribution in [0.3, 0.4) is 0 Å². The van der Waals surface area contributed by atoms with Crippen molar-refractivity contribution in [3.05, 3.63) is 72.4 Å². The molecule has 0 spiro atoms. The van der Waals surface area contributed by atoms with Gasteiger partial charge in [0.1, 0.15) is 5.65 Å². The van der Waals surface area contributed by atoms with Crippen LogP contribution < -0.4 is 10.6 Å². The van der Waals surface area contributed by atoms with Gasteiger partial charge >= 0.3 is 6.18 Å². The van der Waals surface area contributed by atoms with Crippen molar-refractivity contribution < 1.29 is 22.7 Å². The van der Waals surface area contributed by atoms with Crippen molar-refractivity contribution in [3.8, 4) is 0 Å². The second kappa shape index (κ2) is 7.40. The van der Waals surface area contributed by atoms with Crippen LogP contribution in [0.2, 0.25) is 0 Å². The molecule has 9 heteroatoms. The average Bonchev–Trinajstić information content (AvgIpc) is 3.35. The smallest absolute Gasteiger partial charge is 0.448 e. The van der Waals surface area contributed by atoms with Gasteiger partial charge in [0.15, 0.2) is 0 Å². The van der Waals surface area contributed by atoms with E-state index in [1.807, 2.05) is 16.8 Å². The maximum atomic E-state index is 13.2. The number of fused-ring (bicyclic) bond motifs is 1. The number of alkyl halides is 3. The van der Waals surface area contributed by atoms with Crippen molar-refractivity contribution in [1.82, 2.24) is 14.9 Å². The summed E-state index contributed by atoms with van der Waals surface area (Å²) in [6.07, 6.45) is 0.254. The Morgan fingerprint density at radius 3 is 2.70 bits per heavy atom. The van der Waals surface area contributed by atoms with E-state index < -0.39 is 23.6 Å². The van der Waals surface area contributed by atoms with Crippen LogP contribution in [0.1, 0.15) is 18.9 Å². The van der Waals surface area contributed by atoms with Gasteiger partial charge in [0.25, 0.3) is 11.6 Å². The maximum Gasteiger partial charge on any atom is 0.450 e. The van der Waals surface area contributed by atoms with Gasteiger partial charge in [0, 0.05) is 29.9 Å². The number of hydrogen-bond donors (Lipinski definition) is 2. The van der Waals surface area contributed by atoms with Crippen molar-refractivity contribution in [2.45, 2.75) is 31.8 Å². The Bertz CT molecular complexity index is 1110. The number of aryl methyl sites for hydroxylation is 1. The van der Waals surface area contributed by atoms with Crippen molar-refractivity contribution in [1.29, 1.82) is 0 Å². The number of halogens is 3. The van der Waals surface area contributed by atoms with Gasteiger partial charge in [-0.15, -0.1) is 0 Å². The summed E-state index contributed by atoms with van der Waals surface area (Å²) in [5, 5.41) is 5.92. The molecule has 0 saturated heterocycles. The molecule has 1 unspecified atom stereocenters. The molecule has 1 aromatic carbocycles. The molecule has 6 nitrogen and oxygen atoms in total. The van der Waals surface area contributed by atoms with E-state index in [1.165, 1.54) is 18.3 Å². The van der Waals surface area contributed by atoms with Gasteiger partial charge in [-0.25, -0.2) is 4.98 Å². The largest absolute Gasteiger partial charge is 0.450 e. The van der Waals surface area contributed by atoms with Crippen LogP contribution >= 0.6 is 0 Å². The Morgan fingerprint density at radius 2 is 2.03 bits per heavy atom. The summed E-state index contributed by atoms with van der Waals surface area (Å²) < 4.78 is 46.7. The molecule has 0 saturated carbocycles. The highest BCUT2D eigenvalue weighted by Crippen LogP contribution is 2.38. The standard InChI is InChI=1S/C21H19F3N4O2/c1-2-9-28-10-8-14-11-16(12-25-18(14)28)27-19(29)20(15-6-4-3-5-7-15)26-13-17(30-20)21(22,23)24/h3-8,10-13,26H,2,9H2,1H3,(H,27,29). The summed E-state index contributed by atoms with van der Waals surface area (Å²) in [5.41, 5.74) is -0.692. The molecule has 0 aliphatic carbocycles. The molecule has 3 aromatic rings. The summed E-state index contributed by atoms with van der Waals surface area (Å²) in [6, 6.07) is 11.6. The SMILES string of the molecule is CCCn1ccc2cc(NC(=O)C3(c4ccccc4)NC=C(C(F)(F)F)O3)cnc21. The molecule has 1 aliphatic rings. The van der Waals surface area contributed by atoms with E-state index in [0.29, 0.717) is 11.9 Å². The Hall–Kier alpha value is -3.49. The first-order valence-corrected chi connectivity index (χ1v) is 9.39. The minimum absolute atomic E-state index is 0.237. The number of anilines is 1. The van der Waals surface area contributed by atoms with E-state index in [0.717, 1.165) is 24.0 Å². The van der Waals surface area contributed by atoms with Gasteiger partial charge in [-0.05, 0) is 18.6 Å². The number of aromatic nitrogens is 2. The number of carbonyl (C=O) groups is 1. The number of pyridine rings is 1. The quantitative estimate of drug-likeness (QED) is 0.652. The molecule has 0 fully saturated rings. The minimum Gasteiger partial charge on any atom is -0.448 e. The predicted octanol–water partition coefficient (Wildman–Crippen LogP) is 4.26. The third kappa shape index (κ3) is 3.47.